The molecule has 0 bridgehead atoms. The average Bonchev–Trinajstić information content (AvgIpc) is 3.12. The molecule has 0 saturated heterocycles. The molecule has 0 fully saturated rings. The van der Waals surface area contributed by atoms with E-state index in [9.17, 15) is 13.6 Å². The van der Waals surface area contributed by atoms with E-state index in [1.54, 1.807) is 12.1 Å². The van der Waals surface area contributed by atoms with Crippen molar-refractivity contribution in [3.8, 4) is 5.75 Å². The van der Waals surface area contributed by atoms with E-state index in [0.717, 1.165) is 10.9 Å². The number of rotatable bonds is 4. The zero-order valence-corrected chi connectivity index (χ0v) is 13.2. The Hall–Kier alpha value is -2.26. The number of hydrogen-bond acceptors (Lipinski definition) is 5. The van der Waals surface area contributed by atoms with Gasteiger partial charge >= 0.3 is 6.55 Å². The maximum atomic E-state index is 12.7. The van der Waals surface area contributed by atoms with Crippen molar-refractivity contribution in [1.29, 1.82) is 0 Å². The fourth-order valence-electron chi connectivity index (χ4n) is 1.95. The van der Waals surface area contributed by atoms with E-state index in [1.807, 2.05) is 0 Å². The van der Waals surface area contributed by atoms with E-state index in [4.69, 9.17) is 16.3 Å². The molecule has 0 unspecified atom stereocenters. The average molecular weight is 359 g/mol. The van der Waals surface area contributed by atoms with Gasteiger partial charge in [0.25, 0.3) is 5.91 Å². The number of carbonyl (C=O) groups is 1. The van der Waals surface area contributed by atoms with Gasteiger partial charge in [0, 0.05) is 12.3 Å². The van der Waals surface area contributed by atoms with Crippen LogP contribution in [0.25, 0.3) is 10.2 Å². The molecule has 2 heterocycles. The molecule has 1 amide bonds. The molecular weight excluding hydrogens is 350 g/mol. The molecule has 0 radical (unpaired) electrons. The van der Waals surface area contributed by atoms with Crippen molar-refractivity contribution in [3.63, 3.8) is 0 Å². The lowest BCUT2D eigenvalue weighted by Gasteiger charge is -2.04. The zero-order valence-electron chi connectivity index (χ0n) is 11.6. The first-order chi connectivity index (χ1) is 11.0. The molecular formula is C13H9ClF2N4O2S. The molecule has 23 heavy (non-hydrogen) atoms. The standard InChI is InChI=1S/C13H9ClF2N4O2S/c1-22-9-5-10-7(4-6(9)14)18-13(23-10)19-11(21)8-2-3-17-20(8)12(15)16/h2-5,12H,1H3,(H,18,19,21). The number of nitrogens with zero attached hydrogens (tertiary/aromatic N) is 3. The predicted octanol–water partition coefficient (Wildman–Crippen LogP) is 3.80. The van der Waals surface area contributed by atoms with E-state index in [1.165, 1.54) is 24.5 Å². The van der Waals surface area contributed by atoms with Gasteiger partial charge in [0.2, 0.25) is 0 Å². The van der Waals surface area contributed by atoms with Crippen LogP contribution in [-0.2, 0) is 0 Å². The highest BCUT2D eigenvalue weighted by molar-refractivity contribution is 7.22. The second-order valence-electron chi connectivity index (χ2n) is 4.37. The number of aromatic nitrogens is 3. The van der Waals surface area contributed by atoms with Gasteiger partial charge in [0.05, 0.1) is 22.3 Å². The van der Waals surface area contributed by atoms with Crippen LogP contribution in [0, 0.1) is 0 Å². The molecule has 0 atom stereocenters. The Balaban J connectivity index is 1.89. The van der Waals surface area contributed by atoms with E-state index >= 15 is 0 Å². The number of halogens is 3. The maximum Gasteiger partial charge on any atom is 0.333 e. The molecule has 10 heteroatoms. The summed E-state index contributed by atoms with van der Waals surface area (Å²) in [6.45, 7) is -2.90. The Kier molecular flexibility index (Phi) is 4.14. The summed E-state index contributed by atoms with van der Waals surface area (Å²) in [4.78, 5) is 16.3. The van der Waals surface area contributed by atoms with Crippen molar-refractivity contribution < 1.29 is 18.3 Å². The number of amides is 1. The van der Waals surface area contributed by atoms with Crippen LogP contribution in [0.3, 0.4) is 0 Å². The van der Waals surface area contributed by atoms with E-state index in [-0.39, 0.29) is 10.8 Å². The molecule has 0 saturated carbocycles. The summed E-state index contributed by atoms with van der Waals surface area (Å²) >= 11 is 7.19. The third-order valence-corrected chi connectivity index (χ3v) is 4.20. The summed E-state index contributed by atoms with van der Waals surface area (Å²) in [6.07, 6.45) is 1.13. The number of benzene rings is 1. The number of fused-ring (bicyclic) bond motifs is 1. The first-order valence-corrected chi connectivity index (χ1v) is 7.46. The number of hydrogen-bond donors (Lipinski definition) is 1. The summed E-state index contributed by atoms with van der Waals surface area (Å²) in [7, 11) is 1.49. The van der Waals surface area contributed by atoms with Gasteiger partial charge in [-0.05, 0) is 12.1 Å². The molecule has 0 aliphatic rings. The minimum atomic E-state index is -2.90. The van der Waals surface area contributed by atoms with Crippen LogP contribution < -0.4 is 10.1 Å². The highest BCUT2D eigenvalue weighted by Gasteiger charge is 2.19. The van der Waals surface area contributed by atoms with Gasteiger partial charge < -0.3 is 4.74 Å². The Morgan fingerprint density at radius 2 is 2.26 bits per heavy atom. The summed E-state index contributed by atoms with van der Waals surface area (Å²) in [5, 5.41) is 6.54. The van der Waals surface area contributed by atoms with Gasteiger partial charge in [-0.2, -0.15) is 18.6 Å². The van der Waals surface area contributed by atoms with Gasteiger partial charge in [-0.25, -0.2) is 4.98 Å². The van der Waals surface area contributed by atoms with Crippen LogP contribution >= 0.6 is 22.9 Å². The molecule has 6 nitrogen and oxygen atoms in total. The first-order valence-electron chi connectivity index (χ1n) is 6.26. The normalized spacial score (nSPS) is 11.2. The molecule has 0 aliphatic heterocycles. The molecule has 3 rings (SSSR count). The Bertz CT molecular complexity index is 880. The Morgan fingerprint density at radius 3 is 2.96 bits per heavy atom. The summed E-state index contributed by atoms with van der Waals surface area (Å²) < 4.78 is 31.7. The largest absolute Gasteiger partial charge is 0.495 e. The Labute approximate surface area is 137 Å². The second kappa shape index (κ2) is 6.09. The SMILES string of the molecule is COc1cc2sc(NC(=O)c3ccnn3C(F)F)nc2cc1Cl. The second-order valence-corrected chi connectivity index (χ2v) is 5.80. The number of anilines is 1. The number of thiazole rings is 1. The van der Waals surface area contributed by atoms with Gasteiger partial charge in [0.1, 0.15) is 11.4 Å². The van der Waals surface area contributed by atoms with Crippen LogP contribution in [0.2, 0.25) is 5.02 Å². The zero-order chi connectivity index (χ0) is 16.6. The topological polar surface area (TPSA) is 69.0 Å². The van der Waals surface area contributed by atoms with Crippen LogP contribution in [0.15, 0.2) is 24.4 Å². The summed E-state index contributed by atoms with van der Waals surface area (Å²) in [5.41, 5.74) is 0.313. The molecule has 120 valence electrons. The lowest BCUT2D eigenvalue weighted by Crippen LogP contribution is -2.18. The third-order valence-electron chi connectivity index (χ3n) is 2.97. The summed E-state index contributed by atoms with van der Waals surface area (Å²) in [5.74, 6) is -0.239. The van der Waals surface area contributed by atoms with Crippen molar-refractivity contribution in [2.24, 2.45) is 0 Å². The molecule has 0 spiro atoms. The number of nitrogens with one attached hydrogen (secondary N) is 1. The molecule has 3 aromatic rings. The van der Waals surface area contributed by atoms with Gasteiger partial charge in [0.15, 0.2) is 5.13 Å². The number of carbonyl (C=O) groups excluding carboxylic acids is 1. The van der Waals surface area contributed by atoms with Crippen molar-refractivity contribution in [3.05, 3.63) is 35.1 Å². The molecule has 1 aromatic carbocycles. The van der Waals surface area contributed by atoms with Gasteiger partial charge in [-0.1, -0.05) is 22.9 Å². The van der Waals surface area contributed by atoms with Crippen LogP contribution in [-0.4, -0.2) is 27.8 Å². The third kappa shape index (κ3) is 2.97. The highest BCUT2D eigenvalue weighted by atomic mass is 35.5. The smallest absolute Gasteiger partial charge is 0.333 e. The predicted molar refractivity (Wildman–Crippen MR) is 82.6 cm³/mol. The first kappa shape index (κ1) is 15.6. The van der Waals surface area contributed by atoms with Crippen molar-refractivity contribution in [2.75, 3.05) is 12.4 Å². The lowest BCUT2D eigenvalue weighted by atomic mass is 10.3. The van der Waals surface area contributed by atoms with Crippen LogP contribution in [0.5, 0.6) is 5.75 Å². The number of methoxy groups -OCH3 is 1. The fourth-order valence-corrected chi connectivity index (χ4v) is 3.06. The summed E-state index contributed by atoms with van der Waals surface area (Å²) in [6, 6.07) is 4.49. The molecule has 1 N–H and O–H groups in total. The van der Waals surface area contributed by atoms with Crippen LogP contribution in [0.1, 0.15) is 17.0 Å². The molecule has 2 aromatic heterocycles. The number of alkyl halides is 2. The Morgan fingerprint density at radius 1 is 1.48 bits per heavy atom. The molecule has 0 aliphatic carbocycles. The van der Waals surface area contributed by atoms with Crippen molar-refractivity contribution in [2.45, 2.75) is 6.55 Å². The van der Waals surface area contributed by atoms with Crippen molar-refractivity contribution in [1.82, 2.24) is 14.8 Å². The van der Waals surface area contributed by atoms with E-state index in [0.29, 0.717) is 21.0 Å². The minimum Gasteiger partial charge on any atom is -0.495 e. The van der Waals surface area contributed by atoms with Gasteiger partial charge in [-0.15, -0.1) is 0 Å². The minimum absolute atomic E-state index is 0.255. The quantitative estimate of drug-likeness (QED) is 0.770. The van der Waals surface area contributed by atoms with Gasteiger partial charge in [-0.3, -0.25) is 10.1 Å². The highest BCUT2D eigenvalue weighted by Crippen LogP contribution is 2.34. The maximum absolute atomic E-state index is 12.7. The monoisotopic (exact) mass is 358 g/mol. The van der Waals surface area contributed by atoms with E-state index in [2.05, 4.69) is 15.4 Å². The van der Waals surface area contributed by atoms with Crippen LogP contribution in [0.4, 0.5) is 13.9 Å². The van der Waals surface area contributed by atoms with E-state index < -0.39 is 12.5 Å². The van der Waals surface area contributed by atoms with Crippen molar-refractivity contribution >= 4 is 44.2 Å². The lowest BCUT2D eigenvalue weighted by molar-refractivity contribution is 0.0520. The number of ether oxygens (including phenoxy) is 1. The fraction of sp³-hybridized carbons (Fsp3) is 0.154.